The highest BCUT2D eigenvalue weighted by Gasteiger charge is 2.17. The summed E-state index contributed by atoms with van der Waals surface area (Å²) in [5.74, 6) is 0. The summed E-state index contributed by atoms with van der Waals surface area (Å²) in [5, 5.41) is 11.6. The van der Waals surface area contributed by atoms with E-state index in [-0.39, 0.29) is 0 Å². The predicted octanol–water partition coefficient (Wildman–Crippen LogP) is 6.09. The molecule has 0 radical (unpaired) electrons. The van der Waals surface area contributed by atoms with E-state index >= 15 is 0 Å². The van der Waals surface area contributed by atoms with E-state index in [1.54, 1.807) is 0 Å². The molecule has 0 saturated heterocycles. The topological polar surface area (TPSA) is 36.7 Å². The Hall–Kier alpha value is -3.15. The van der Waals surface area contributed by atoms with Crippen molar-refractivity contribution in [2.24, 2.45) is 0 Å². The maximum absolute atomic E-state index is 9.92. The fourth-order valence-corrected chi connectivity index (χ4v) is 3.17. The predicted molar refractivity (Wildman–Crippen MR) is 102 cm³/mol. The molecule has 0 bridgehead atoms. The van der Waals surface area contributed by atoms with Crippen LogP contribution in [0, 0.1) is 11.3 Å². The maximum Gasteiger partial charge on any atom is 0.102 e. The van der Waals surface area contributed by atoms with Crippen molar-refractivity contribution in [3.05, 3.63) is 89.4 Å². The van der Waals surface area contributed by atoms with Gasteiger partial charge in [0.25, 0.3) is 0 Å². The lowest BCUT2D eigenvalue weighted by Gasteiger charge is -2.13. The minimum Gasteiger partial charge on any atom is -0.246 e. The molecule has 1 aromatic heterocycles. The van der Waals surface area contributed by atoms with E-state index in [1.165, 1.54) is 0 Å². The number of hydrogen-bond acceptors (Lipinski definition) is 2. The Balaban J connectivity index is 2.12. The van der Waals surface area contributed by atoms with Crippen LogP contribution in [0.25, 0.3) is 33.3 Å². The third kappa shape index (κ3) is 2.76. The molecule has 4 rings (SSSR count). The third-order valence-corrected chi connectivity index (χ3v) is 4.44. The molecule has 0 spiro atoms. The van der Waals surface area contributed by atoms with Crippen molar-refractivity contribution in [3.63, 3.8) is 0 Å². The van der Waals surface area contributed by atoms with Gasteiger partial charge in [-0.25, -0.2) is 4.98 Å². The normalized spacial score (nSPS) is 10.6. The molecule has 0 fully saturated rings. The number of nitrogens with zero attached hydrogens (tertiary/aromatic N) is 2. The molecule has 118 valence electrons. The Bertz CT molecular complexity index is 1090. The second-order valence-electron chi connectivity index (χ2n) is 5.71. The van der Waals surface area contributed by atoms with Crippen LogP contribution in [0.5, 0.6) is 0 Å². The number of benzene rings is 3. The van der Waals surface area contributed by atoms with E-state index < -0.39 is 0 Å². The number of halogens is 1. The van der Waals surface area contributed by atoms with Crippen LogP contribution in [0.3, 0.4) is 0 Å². The maximum atomic E-state index is 9.92. The first-order valence-corrected chi connectivity index (χ1v) is 8.30. The highest BCUT2D eigenvalue weighted by atomic mass is 35.5. The minimum atomic E-state index is 0.576. The number of nitriles is 1. The van der Waals surface area contributed by atoms with Gasteiger partial charge in [-0.1, -0.05) is 72.3 Å². The number of pyridine rings is 1. The van der Waals surface area contributed by atoms with Crippen LogP contribution < -0.4 is 0 Å². The van der Waals surface area contributed by atoms with Gasteiger partial charge in [-0.05, 0) is 23.8 Å². The van der Waals surface area contributed by atoms with Crippen LogP contribution in [0.1, 0.15) is 5.56 Å². The van der Waals surface area contributed by atoms with Crippen LogP contribution in [-0.4, -0.2) is 4.98 Å². The summed E-state index contributed by atoms with van der Waals surface area (Å²) >= 11 is 6.01. The monoisotopic (exact) mass is 340 g/mol. The third-order valence-electron chi connectivity index (χ3n) is 4.18. The van der Waals surface area contributed by atoms with E-state index in [0.29, 0.717) is 16.3 Å². The van der Waals surface area contributed by atoms with E-state index in [1.807, 2.05) is 78.9 Å². The molecule has 0 unspecified atom stereocenters. The fourth-order valence-electron chi connectivity index (χ4n) is 3.04. The SMILES string of the molecule is N#Cc1c(-c2ccc(Cl)cc2)nc2ccccc2c1-c1ccccc1. The smallest absolute Gasteiger partial charge is 0.102 e. The number of aromatic nitrogens is 1. The van der Waals surface area contributed by atoms with E-state index in [0.717, 1.165) is 27.6 Å². The summed E-state index contributed by atoms with van der Waals surface area (Å²) in [6, 6.07) is 27.7. The van der Waals surface area contributed by atoms with Gasteiger partial charge < -0.3 is 0 Å². The Kier molecular flexibility index (Phi) is 3.93. The van der Waals surface area contributed by atoms with Crippen molar-refractivity contribution in [1.82, 2.24) is 4.98 Å². The highest BCUT2D eigenvalue weighted by molar-refractivity contribution is 6.30. The van der Waals surface area contributed by atoms with Gasteiger partial charge in [-0.3, -0.25) is 0 Å². The summed E-state index contributed by atoms with van der Waals surface area (Å²) < 4.78 is 0. The lowest BCUT2D eigenvalue weighted by molar-refractivity contribution is 1.36. The molecule has 0 saturated carbocycles. The van der Waals surface area contributed by atoms with Gasteiger partial charge in [0, 0.05) is 21.5 Å². The average Bonchev–Trinajstić information content (AvgIpc) is 2.67. The Labute approximate surface area is 151 Å². The highest BCUT2D eigenvalue weighted by Crippen LogP contribution is 2.36. The molecule has 0 aliphatic carbocycles. The Morgan fingerprint density at radius 3 is 2.16 bits per heavy atom. The molecular weight excluding hydrogens is 328 g/mol. The second-order valence-corrected chi connectivity index (χ2v) is 6.15. The van der Waals surface area contributed by atoms with Crippen LogP contribution in [0.2, 0.25) is 5.02 Å². The summed E-state index contributed by atoms with van der Waals surface area (Å²) in [6.07, 6.45) is 0. The first-order chi connectivity index (χ1) is 12.3. The van der Waals surface area contributed by atoms with E-state index in [2.05, 4.69) is 6.07 Å². The average molecular weight is 341 g/mol. The number of rotatable bonds is 2. The first-order valence-electron chi connectivity index (χ1n) is 7.92. The minimum absolute atomic E-state index is 0.576. The van der Waals surface area contributed by atoms with Crippen molar-refractivity contribution in [1.29, 1.82) is 5.26 Å². The van der Waals surface area contributed by atoms with Crippen molar-refractivity contribution in [2.75, 3.05) is 0 Å². The number of fused-ring (bicyclic) bond motifs is 1. The molecule has 3 heteroatoms. The summed E-state index contributed by atoms with van der Waals surface area (Å²) in [7, 11) is 0. The second kappa shape index (κ2) is 6.39. The number of hydrogen-bond donors (Lipinski definition) is 0. The zero-order valence-electron chi connectivity index (χ0n) is 13.3. The molecule has 25 heavy (non-hydrogen) atoms. The molecule has 0 atom stereocenters. The molecule has 1 heterocycles. The van der Waals surface area contributed by atoms with Crippen LogP contribution in [0.15, 0.2) is 78.9 Å². The standard InChI is InChI=1S/C22H13ClN2/c23-17-12-10-16(11-13-17)22-19(14-24)21(15-6-2-1-3-7-15)18-8-4-5-9-20(18)25-22/h1-13H. The molecule has 2 nitrogen and oxygen atoms in total. The summed E-state index contributed by atoms with van der Waals surface area (Å²) in [6.45, 7) is 0. The van der Waals surface area contributed by atoms with Gasteiger partial charge in [-0.15, -0.1) is 0 Å². The van der Waals surface area contributed by atoms with Crippen molar-refractivity contribution in [3.8, 4) is 28.5 Å². The van der Waals surface area contributed by atoms with Gasteiger partial charge in [0.15, 0.2) is 0 Å². The van der Waals surface area contributed by atoms with Crippen molar-refractivity contribution < 1.29 is 0 Å². The number of para-hydroxylation sites is 1. The van der Waals surface area contributed by atoms with Crippen molar-refractivity contribution in [2.45, 2.75) is 0 Å². The van der Waals surface area contributed by atoms with Crippen LogP contribution >= 0.6 is 11.6 Å². The van der Waals surface area contributed by atoms with Crippen LogP contribution in [-0.2, 0) is 0 Å². The molecule has 0 aliphatic rings. The van der Waals surface area contributed by atoms with Gasteiger partial charge in [0.2, 0.25) is 0 Å². The van der Waals surface area contributed by atoms with Gasteiger partial charge in [0.05, 0.1) is 16.8 Å². The van der Waals surface area contributed by atoms with E-state index in [9.17, 15) is 5.26 Å². The van der Waals surface area contributed by atoms with E-state index in [4.69, 9.17) is 16.6 Å². The lowest BCUT2D eigenvalue weighted by atomic mass is 9.93. The molecule has 0 aliphatic heterocycles. The van der Waals surface area contributed by atoms with Gasteiger partial charge in [-0.2, -0.15) is 5.26 Å². The quantitative estimate of drug-likeness (QED) is 0.442. The summed E-state index contributed by atoms with van der Waals surface area (Å²) in [4.78, 5) is 4.77. The first kappa shape index (κ1) is 15.4. The zero-order chi connectivity index (χ0) is 17.2. The zero-order valence-corrected chi connectivity index (χ0v) is 14.0. The van der Waals surface area contributed by atoms with Gasteiger partial charge >= 0.3 is 0 Å². The molecule has 3 aromatic carbocycles. The molecule has 0 N–H and O–H groups in total. The molecule has 0 amide bonds. The fraction of sp³-hybridized carbons (Fsp3) is 0. The van der Waals surface area contributed by atoms with Crippen LogP contribution in [0.4, 0.5) is 0 Å². The largest absolute Gasteiger partial charge is 0.246 e. The molecular formula is C22H13ClN2. The molecule has 4 aromatic rings. The van der Waals surface area contributed by atoms with Gasteiger partial charge in [0.1, 0.15) is 6.07 Å². The lowest BCUT2D eigenvalue weighted by Crippen LogP contribution is -1.96. The Morgan fingerprint density at radius 1 is 0.760 bits per heavy atom. The Morgan fingerprint density at radius 2 is 1.44 bits per heavy atom. The van der Waals surface area contributed by atoms with Crippen molar-refractivity contribution >= 4 is 22.5 Å². The summed E-state index contributed by atoms with van der Waals surface area (Å²) in [5.41, 5.74) is 4.92.